The third-order valence-electron chi connectivity index (χ3n) is 4.55. The Hall–Kier alpha value is -0.530. The van der Waals surface area contributed by atoms with Crippen LogP contribution in [0.5, 0.6) is 0 Å². The van der Waals surface area contributed by atoms with Crippen LogP contribution in [0.2, 0.25) is 0 Å². The van der Waals surface area contributed by atoms with Crippen molar-refractivity contribution in [3.05, 3.63) is 16.5 Å². The van der Waals surface area contributed by atoms with Crippen molar-refractivity contribution in [1.82, 2.24) is 5.32 Å². The number of rotatable bonds is 4. The van der Waals surface area contributed by atoms with Crippen LogP contribution in [-0.2, 0) is 9.05 Å². The van der Waals surface area contributed by atoms with E-state index >= 15 is 0 Å². The fourth-order valence-corrected chi connectivity index (χ4v) is 5.60. The lowest BCUT2D eigenvalue weighted by molar-refractivity contribution is 0.0912. The molecule has 1 N–H and O–H groups in total. The monoisotopic (exact) mass is 395 g/mol. The van der Waals surface area contributed by atoms with Crippen LogP contribution < -0.4 is 5.32 Å². The summed E-state index contributed by atoms with van der Waals surface area (Å²) in [7, 11) is 1.32. The van der Waals surface area contributed by atoms with Crippen molar-refractivity contribution in [1.29, 1.82) is 0 Å². The minimum atomic E-state index is -3.93. The third kappa shape index (κ3) is 3.14. The van der Waals surface area contributed by atoms with Gasteiger partial charge in [-0.05, 0) is 52.9 Å². The molecule has 1 amide bonds. The Morgan fingerprint density at radius 2 is 2.19 bits per heavy atom. The van der Waals surface area contributed by atoms with Gasteiger partial charge in [-0.3, -0.25) is 4.79 Å². The molecule has 1 heterocycles. The molecule has 1 aromatic heterocycles. The molecule has 3 rings (SSSR count). The Morgan fingerprint density at radius 3 is 2.71 bits per heavy atom. The molecular formula is C13H15BrClNO4S. The third-order valence-corrected chi connectivity index (χ3v) is 6.73. The number of carbonyl (C=O) groups is 1. The van der Waals surface area contributed by atoms with Crippen LogP contribution in [0.25, 0.3) is 0 Å². The van der Waals surface area contributed by atoms with Gasteiger partial charge in [0.2, 0.25) is 0 Å². The molecule has 0 saturated heterocycles. The largest absolute Gasteiger partial charge is 0.443 e. The highest BCUT2D eigenvalue weighted by molar-refractivity contribution is 9.10. The standard InChI is InChI=1S/C13H15BrClNO4S/c14-12-11(21(15,18)19)5-10(20-12)13(17)16-6-9-4-7-1-2-8(9)3-7/h5,7-9H,1-4,6H2,(H,16,17). The molecule has 0 radical (unpaired) electrons. The van der Waals surface area contributed by atoms with Crippen molar-refractivity contribution in [2.45, 2.75) is 30.6 Å². The molecule has 0 aliphatic heterocycles. The maximum atomic E-state index is 12.0. The predicted octanol–water partition coefficient (Wildman–Crippen LogP) is 3.14. The zero-order chi connectivity index (χ0) is 15.2. The topological polar surface area (TPSA) is 76.4 Å². The zero-order valence-electron chi connectivity index (χ0n) is 11.1. The van der Waals surface area contributed by atoms with Crippen molar-refractivity contribution in [2.24, 2.45) is 17.8 Å². The summed E-state index contributed by atoms with van der Waals surface area (Å²) in [5.41, 5.74) is 0. The summed E-state index contributed by atoms with van der Waals surface area (Å²) in [5.74, 6) is 1.61. The van der Waals surface area contributed by atoms with Crippen molar-refractivity contribution >= 4 is 41.6 Å². The second kappa shape index (κ2) is 5.59. The van der Waals surface area contributed by atoms with Gasteiger partial charge < -0.3 is 9.73 Å². The molecule has 0 aromatic carbocycles. The second-order valence-corrected chi connectivity index (χ2v) is 9.09. The Morgan fingerprint density at radius 1 is 1.43 bits per heavy atom. The summed E-state index contributed by atoms with van der Waals surface area (Å²) in [5, 5.41) is 2.83. The van der Waals surface area contributed by atoms with E-state index in [1.807, 2.05) is 0 Å². The van der Waals surface area contributed by atoms with E-state index in [0.29, 0.717) is 12.5 Å². The highest BCUT2D eigenvalue weighted by atomic mass is 79.9. The maximum Gasteiger partial charge on any atom is 0.287 e. The number of furan rings is 1. The van der Waals surface area contributed by atoms with E-state index < -0.39 is 15.0 Å². The van der Waals surface area contributed by atoms with Crippen molar-refractivity contribution < 1.29 is 17.6 Å². The summed E-state index contributed by atoms with van der Waals surface area (Å²) < 4.78 is 27.6. The predicted molar refractivity (Wildman–Crippen MR) is 80.7 cm³/mol. The average molecular weight is 397 g/mol. The lowest BCUT2D eigenvalue weighted by Gasteiger charge is -2.21. The molecule has 2 saturated carbocycles. The highest BCUT2D eigenvalue weighted by Gasteiger charge is 2.39. The van der Waals surface area contributed by atoms with Gasteiger partial charge in [-0.15, -0.1) is 0 Å². The molecular weight excluding hydrogens is 382 g/mol. The maximum absolute atomic E-state index is 12.0. The molecule has 21 heavy (non-hydrogen) atoms. The van der Waals surface area contributed by atoms with E-state index in [-0.39, 0.29) is 15.3 Å². The van der Waals surface area contributed by atoms with Gasteiger partial charge in [0.05, 0.1) is 0 Å². The number of hydrogen-bond donors (Lipinski definition) is 1. The molecule has 116 valence electrons. The molecule has 2 aliphatic carbocycles. The molecule has 1 aromatic rings. The van der Waals surface area contributed by atoms with E-state index in [1.165, 1.54) is 25.7 Å². The first-order valence-corrected chi connectivity index (χ1v) is 9.97. The number of amides is 1. The number of carbonyl (C=O) groups excluding carboxylic acids is 1. The molecule has 5 nitrogen and oxygen atoms in total. The van der Waals surface area contributed by atoms with Gasteiger partial charge in [0, 0.05) is 23.3 Å². The van der Waals surface area contributed by atoms with Crippen LogP contribution in [0.3, 0.4) is 0 Å². The van der Waals surface area contributed by atoms with Crippen molar-refractivity contribution in [3.8, 4) is 0 Å². The number of halogens is 2. The molecule has 2 aliphatic rings. The van der Waals surface area contributed by atoms with Gasteiger partial charge >= 0.3 is 0 Å². The summed E-state index contributed by atoms with van der Waals surface area (Å²) in [6, 6.07) is 1.14. The van der Waals surface area contributed by atoms with E-state index in [9.17, 15) is 13.2 Å². The van der Waals surface area contributed by atoms with E-state index in [1.54, 1.807) is 0 Å². The highest BCUT2D eigenvalue weighted by Crippen LogP contribution is 2.47. The summed E-state index contributed by atoms with van der Waals surface area (Å²) in [6.45, 7) is 0.612. The van der Waals surface area contributed by atoms with Crippen LogP contribution in [0.1, 0.15) is 36.2 Å². The number of hydrogen-bond acceptors (Lipinski definition) is 4. The minimum Gasteiger partial charge on any atom is -0.443 e. The van der Waals surface area contributed by atoms with E-state index in [4.69, 9.17) is 15.1 Å². The van der Waals surface area contributed by atoms with Crippen LogP contribution in [0, 0.1) is 17.8 Å². The average Bonchev–Trinajstić information content (AvgIpc) is 3.09. The van der Waals surface area contributed by atoms with E-state index in [0.717, 1.165) is 17.9 Å². The minimum absolute atomic E-state index is 0.0516. The fourth-order valence-electron chi connectivity index (χ4n) is 3.57. The van der Waals surface area contributed by atoms with Gasteiger partial charge in [-0.25, -0.2) is 8.42 Å². The summed E-state index contributed by atoms with van der Waals surface area (Å²) in [4.78, 5) is 11.8. The molecule has 3 atom stereocenters. The van der Waals surface area contributed by atoms with Gasteiger partial charge in [0.15, 0.2) is 10.4 Å². The molecule has 2 fully saturated rings. The van der Waals surface area contributed by atoms with Crippen LogP contribution in [0.15, 0.2) is 20.0 Å². The van der Waals surface area contributed by atoms with Crippen LogP contribution in [-0.4, -0.2) is 20.9 Å². The molecule has 2 bridgehead atoms. The number of nitrogens with one attached hydrogen (secondary N) is 1. The summed E-state index contributed by atoms with van der Waals surface area (Å²) in [6.07, 6.45) is 5.03. The lowest BCUT2D eigenvalue weighted by atomic mass is 9.89. The quantitative estimate of drug-likeness (QED) is 0.793. The summed E-state index contributed by atoms with van der Waals surface area (Å²) >= 11 is 2.95. The Labute approximate surface area is 136 Å². The Bertz CT molecular complexity index is 672. The van der Waals surface area contributed by atoms with Crippen molar-refractivity contribution in [2.75, 3.05) is 6.54 Å². The first-order chi connectivity index (χ1) is 9.84. The number of fused-ring (bicyclic) bond motifs is 2. The van der Waals surface area contributed by atoms with Crippen LogP contribution >= 0.6 is 26.6 Å². The van der Waals surface area contributed by atoms with Gasteiger partial charge in [-0.1, -0.05) is 6.42 Å². The zero-order valence-corrected chi connectivity index (χ0v) is 14.3. The molecule has 0 spiro atoms. The first kappa shape index (κ1) is 15.4. The van der Waals surface area contributed by atoms with Gasteiger partial charge in [0.25, 0.3) is 15.0 Å². The van der Waals surface area contributed by atoms with Crippen LogP contribution in [0.4, 0.5) is 0 Å². The SMILES string of the molecule is O=C(NCC1CC2CCC1C2)c1cc(S(=O)(=O)Cl)c(Br)o1. The molecule has 3 unspecified atom stereocenters. The van der Waals surface area contributed by atoms with Gasteiger partial charge in [-0.2, -0.15) is 0 Å². The second-order valence-electron chi connectivity index (χ2n) is 5.83. The van der Waals surface area contributed by atoms with Gasteiger partial charge in [0.1, 0.15) is 4.90 Å². The fraction of sp³-hybridized carbons (Fsp3) is 0.615. The van der Waals surface area contributed by atoms with Crippen molar-refractivity contribution in [3.63, 3.8) is 0 Å². The molecule has 8 heteroatoms. The van der Waals surface area contributed by atoms with E-state index in [2.05, 4.69) is 21.2 Å². The Kier molecular flexibility index (Phi) is 4.09. The lowest BCUT2D eigenvalue weighted by Crippen LogP contribution is -2.31. The smallest absolute Gasteiger partial charge is 0.287 e. The Balaban J connectivity index is 1.63. The first-order valence-electron chi connectivity index (χ1n) is 6.87. The normalized spacial score (nSPS) is 28.0.